The molecule has 6 nitrogen and oxygen atoms in total. The highest BCUT2D eigenvalue weighted by molar-refractivity contribution is 14.0. The lowest BCUT2D eigenvalue weighted by atomic mass is 10.1. The Balaban J connectivity index is 0.00000280. The van der Waals surface area contributed by atoms with Crippen LogP contribution in [0.1, 0.15) is 63.4 Å². The molecule has 2 aliphatic rings. The summed E-state index contributed by atoms with van der Waals surface area (Å²) in [5.74, 6) is 0.409. The molecule has 2 fully saturated rings. The fourth-order valence-corrected chi connectivity index (χ4v) is 5.71. The molecule has 1 heterocycles. The van der Waals surface area contributed by atoms with E-state index in [-0.39, 0.29) is 30.5 Å². The van der Waals surface area contributed by atoms with Gasteiger partial charge in [0.05, 0.1) is 11.4 Å². The van der Waals surface area contributed by atoms with Crippen molar-refractivity contribution in [3.8, 4) is 0 Å². The third-order valence-electron chi connectivity index (χ3n) is 5.53. The van der Waals surface area contributed by atoms with Crippen LogP contribution in [0.3, 0.4) is 0 Å². The van der Waals surface area contributed by atoms with Crippen molar-refractivity contribution in [2.24, 2.45) is 10.7 Å². The lowest BCUT2D eigenvalue weighted by molar-refractivity contribution is 0.346. The van der Waals surface area contributed by atoms with E-state index in [0.717, 1.165) is 32.1 Å². The molecule has 1 saturated carbocycles. The van der Waals surface area contributed by atoms with E-state index in [9.17, 15) is 8.42 Å². The Morgan fingerprint density at radius 3 is 2.32 bits per heavy atom. The first-order valence-corrected chi connectivity index (χ1v) is 11.7. The molecule has 0 bridgehead atoms. The number of sulfonamides is 1. The zero-order valence-corrected chi connectivity index (χ0v) is 19.6. The van der Waals surface area contributed by atoms with Gasteiger partial charge in [-0.3, -0.25) is 0 Å². The number of benzene rings is 1. The fourth-order valence-electron chi connectivity index (χ4n) is 3.98. The second-order valence-electron chi connectivity index (χ2n) is 7.61. The summed E-state index contributed by atoms with van der Waals surface area (Å²) in [6, 6.07) is 7.53. The van der Waals surface area contributed by atoms with Crippen molar-refractivity contribution >= 4 is 40.0 Å². The third kappa shape index (κ3) is 6.32. The van der Waals surface area contributed by atoms with Gasteiger partial charge in [0.15, 0.2) is 5.96 Å². The van der Waals surface area contributed by atoms with Crippen molar-refractivity contribution in [2.75, 3.05) is 13.1 Å². The first-order chi connectivity index (χ1) is 13.1. The van der Waals surface area contributed by atoms with Gasteiger partial charge in [-0.25, -0.2) is 13.4 Å². The molecule has 1 saturated heterocycles. The summed E-state index contributed by atoms with van der Waals surface area (Å²) in [5, 5.41) is 3.32. The number of halogens is 1. The van der Waals surface area contributed by atoms with Crippen LogP contribution in [0.5, 0.6) is 0 Å². The van der Waals surface area contributed by atoms with Crippen molar-refractivity contribution in [3.63, 3.8) is 0 Å². The summed E-state index contributed by atoms with van der Waals surface area (Å²) in [6.45, 7) is 1.48. The highest BCUT2D eigenvalue weighted by Gasteiger charge is 2.27. The molecule has 0 amide bonds. The van der Waals surface area contributed by atoms with Crippen LogP contribution in [0.25, 0.3) is 0 Å². The van der Waals surface area contributed by atoms with Crippen LogP contribution in [0.15, 0.2) is 34.2 Å². The Morgan fingerprint density at radius 2 is 1.64 bits per heavy atom. The van der Waals surface area contributed by atoms with Gasteiger partial charge in [-0.1, -0.05) is 50.3 Å². The minimum absolute atomic E-state index is 0. The summed E-state index contributed by atoms with van der Waals surface area (Å²) in [6.07, 6.45) is 10.2. The average Bonchev–Trinajstić information content (AvgIpc) is 2.96. The van der Waals surface area contributed by atoms with Crippen molar-refractivity contribution in [3.05, 3.63) is 29.8 Å². The van der Waals surface area contributed by atoms with Gasteiger partial charge in [0, 0.05) is 19.1 Å². The number of rotatable bonds is 5. The van der Waals surface area contributed by atoms with E-state index in [1.807, 2.05) is 12.1 Å². The average molecular weight is 520 g/mol. The Bertz CT molecular complexity index is 740. The third-order valence-corrected chi connectivity index (χ3v) is 7.53. The second kappa shape index (κ2) is 11.3. The molecule has 3 rings (SSSR count). The van der Waals surface area contributed by atoms with Crippen molar-refractivity contribution in [1.82, 2.24) is 9.62 Å². The normalized spacial score (nSPS) is 20.2. The molecule has 1 aromatic carbocycles. The molecule has 0 atom stereocenters. The summed E-state index contributed by atoms with van der Waals surface area (Å²) >= 11 is 0. The molecule has 158 valence electrons. The van der Waals surface area contributed by atoms with Crippen molar-refractivity contribution in [1.29, 1.82) is 0 Å². The zero-order valence-electron chi connectivity index (χ0n) is 16.5. The van der Waals surface area contributed by atoms with Crippen LogP contribution in [-0.4, -0.2) is 37.8 Å². The molecule has 0 unspecified atom stereocenters. The topological polar surface area (TPSA) is 87.8 Å². The monoisotopic (exact) mass is 520 g/mol. The number of nitrogens with zero attached hydrogens (tertiary/aromatic N) is 2. The first kappa shape index (κ1) is 23.4. The maximum absolute atomic E-state index is 13.0. The smallest absolute Gasteiger partial charge is 0.243 e. The summed E-state index contributed by atoms with van der Waals surface area (Å²) in [5.41, 5.74) is 6.79. The molecule has 1 aromatic rings. The zero-order chi connectivity index (χ0) is 19.1. The number of aliphatic imine (C=N–C) groups is 1. The van der Waals surface area contributed by atoms with Gasteiger partial charge in [-0.2, -0.15) is 4.31 Å². The first-order valence-electron chi connectivity index (χ1n) is 10.2. The quantitative estimate of drug-likeness (QED) is 0.269. The summed E-state index contributed by atoms with van der Waals surface area (Å²) in [7, 11) is -3.47. The van der Waals surface area contributed by atoms with Crippen LogP contribution < -0.4 is 11.1 Å². The van der Waals surface area contributed by atoms with E-state index in [0.29, 0.717) is 35.5 Å². The Kier molecular flexibility index (Phi) is 9.49. The van der Waals surface area contributed by atoms with Crippen LogP contribution in [0, 0.1) is 0 Å². The predicted octanol–water partition coefficient (Wildman–Crippen LogP) is 3.61. The van der Waals surface area contributed by atoms with Gasteiger partial charge in [0.25, 0.3) is 0 Å². The number of hydrogen-bond acceptors (Lipinski definition) is 3. The van der Waals surface area contributed by atoms with Gasteiger partial charge < -0.3 is 11.1 Å². The van der Waals surface area contributed by atoms with Gasteiger partial charge in [-0.15, -0.1) is 24.0 Å². The number of hydrogen-bond donors (Lipinski definition) is 2. The summed E-state index contributed by atoms with van der Waals surface area (Å²) in [4.78, 5) is 4.80. The standard InChI is InChI=1S/C20H32N4O2S.HI/c21-20(23-18-11-4-1-2-5-12-18)22-16-17-10-6-7-13-19(17)27(25,26)24-14-8-3-9-15-24;/h6-7,10,13,18H,1-5,8-9,11-12,14-16H2,(H3,21,22,23);1H. The number of guanidine groups is 1. The minimum atomic E-state index is -3.47. The Morgan fingerprint density at radius 1 is 1.04 bits per heavy atom. The van der Waals surface area contributed by atoms with Gasteiger partial charge in [0.1, 0.15) is 0 Å². The van der Waals surface area contributed by atoms with Gasteiger partial charge >= 0.3 is 0 Å². The molecule has 1 aliphatic heterocycles. The lowest BCUT2D eigenvalue weighted by Crippen LogP contribution is -2.39. The van der Waals surface area contributed by atoms with E-state index in [2.05, 4.69) is 10.3 Å². The maximum atomic E-state index is 13.0. The number of nitrogens with two attached hydrogens (primary N) is 1. The lowest BCUT2D eigenvalue weighted by Gasteiger charge is -2.26. The van der Waals surface area contributed by atoms with Crippen LogP contribution in [-0.2, 0) is 16.6 Å². The molecule has 0 radical (unpaired) electrons. The second-order valence-corrected chi connectivity index (χ2v) is 9.51. The van der Waals surface area contributed by atoms with E-state index in [4.69, 9.17) is 5.73 Å². The molecule has 1 aliphatic carbocycles. The van der Waals surface area contributed by atoms with Crippen LogP contribution in [0.2, 0.25) is 0 Å². The highest BCUT2D eigenvalue weighted by atomic mass is 127. The minimum Gasteiger partial charge on any atom is -0.370 e. The van der Waals surface area contributed by atoms with Gasteiger partial charge in [-0.05, 0) is 37.3 Å². The van der Waals surface area contributed by atoms with E-state index in [1.54, 1.807) is 16.4 Å². The molecule has 28 heavy (non-hydrogen) atoms. The predicted molar refractivity (Wildman–Crippen MR) is 124 cm³/mol. The molecule has 0 aromatic heterocycles. The maximum Gasteiger partial charge on any atom is 0.243 e. The Hall–Kier alpha value is -0.870. The molecule has 0 spiro atoms. The van der Waals surface area contributed by atoms with E-state index in [1.165, 1.54) is 25.7 Å². The largest absolute Gasteiger partial charge is 0.370 e. The van der Waals surface area contributed by atoms with Crippen LogP contribution >= 0.6 is 24.0 Å². The Labute approximate surface area is 186 Å². The van der Waals surface area contributed by atoms with E-state index < -0.39 is 10.0 Å². The van der Waals surface area contributed by atoms with Crippen molar-refractivity contribution in [2.45, 2.75) is 75.3 Å². The SMILES string of the molecule is I.NC(=NCc1ccccc1S(=O)(=O)N1CCCCC1)NC1CCCCCC1. The highest BCUT2D eigenvalue weighted by Crippen LogP contribution is 2.24. The molecular formula is C20H33IN4O2S. The molecular weight excluding hydrogens is 487 g/mol. The molecule has 8 heteroatoms. The van der Waals surface area contributed by atoms with Gasteiger partial charge in [0.2, 0.25) is 10.0 Å². The van der Waals surface area contributed by atoms with E-state index >= 15 is 0 Å². The summed E-state index contributed by atoms with van der Waals surface area (Å²) < 4.78 is 27.7. The van der Waals surface area contributed by atoms with Crippen molar-refractivity contribution < 1.29 is 8.42 Å². The fraction of sp³-hybridized carbons (Fsp3) is 0.650. The van der Waals surface area contributed by atoms with Crippen LogP contribution in [0.4, 0.5) is 0 Å². The molecule has 3 N–H and O–H groups in total. The number of piperidine rings is 1. The number of nitrogens with one attached hydrogen (secondary N) is 1.